The molecule has 2 nitrogen and oxygen atoms in total. The standard InChI is InChI=1S/C17H16O2S/c18-16(15-9-5-2-6-10-15)13-20-17(19)12-11-14-7-3-1-4-8-14/h1-12,16,18H,13H2/b12-11+. The first-order valence-corrected chi connectivity index (χ1v) is 7.37. The van der Waals surface area contributed by atoms with Crippen molar-refractivity contribution in [1.29, 1.82) is 0 Å². The van der Waals surface area contributed by atoms with Crippen molar-refractivity contribution in [3.63, 3.8) is 0 Å². The second kappa shape index (κ2) is 7.68. The summed E-state index contributed by atoms with van der Waals surface area (Å²) in [6, 6.07) is 19.0. The smallest absolute Gasteiger partial charge is 0.212 e. The summed E-state index contributed by atoms with van der Waals surface area (Å²) in [4.78, 5) is 11.7. The number of carbonyl (C=O) groups is 1. The number of hydrogen-bond acceptors (Lipinski definition) is 3. The van der Waals surface area contributed by atoms with Crippen LogP contribution in [-0.4, -0.2) is 16.0 Å². The van der Waals surface area contributed by atoms with Crippen molar-refractivity contribution in [3.8, 4) is 0 Å². The Kier molecular flexibility index (Phi) is 5.59. The van der Waals surface area contributed by atoms with Crippen molar-refractivity contribution in [1.82, 2.24) is 0 Å². The largest absolute Gasteiger partial charge is 0.388 e. The number of aliphatic hydroxyl groups excluding tert-OH is 1. The van der Waals surface area contributed by atoms with Gasteiger partial charge in [-0.05, 0) is 17.2 Å². The molecule has 2 aromatic carbocycles. The molecule has 0 aliphatic heterocycles. The Morgan fingerprint density at radius 3 is 2.30 bits per heavy atom. The first-order valence-electron chi connectivity index (χ1n) is 6.38. The van der Waals surface area contributed by atoms with Crippen LogP contribution in [0, 0.1) is 0 Å². The second-order valence-corrected chi connectivity index (χ2v) is 5.32. The third kappa shape index (κ3) is 4.68. The first-order chi connectivity index (χ1) is 9.75. The van der Waals surface area contributed by atoms with E-state index in [9.17, 15) is 9.90 Å². The van der Waals surface area contributed by atoms with Gasteiger partial charge in [-0.2, -0.15) is 0 Å². The number of carbonyl (C=O) groups excluding carboxylic acids is 1. The fraction of sp³-hybridized carbons (Fsp3) is 0.118. The minimum atomic E-state index is -0.615. The lowest BCUT2D eigenvalue weighted by Crippen LogP contribution is -2.02. The molecule has 0 heterocycles. The maximum atomic E-state index is 11.7. The van der Waals surface area contributed by atoms with Crippen molar-refractivity contribution >= 4 is 23.0 Å². The molecule has 2 rings (SSSR count). The summed E-state index contributed by atoms with van der Waals surface area (Å²) in [7, 11) is 0. The Hall–Kier alpha value is -1.84. The number of rotatable bonds is 5. The zero-order valence-corrected chi connectivity index (χ0v) is 11.8. The summed E-state index contributed by atoms with van der Waals surface area (Å²) in [5, 5.41) is 9.91. The molecule has 0 saturated heterocycles. The van der Waals surface area contributed by atoms with Crippen molar-refractivity contribution < 1.29 is 9.90 Å². The summed E-state index contributed by atoms with van der Waals surface area (Å²) in [5.41, 5.74) is 1.82. The van der Waals surface area contributed by atoms with Crippen molar-refractivity contribution in [2.45, 2.75) is 6.10 Å². The maximum absolute atomic E-state index is 11.7. The lowest BCUT2D eigenvalue weighted by Gasteiger charge is -2.08. The number of hydrogen-bond donors (Lipinski definition) is 1. The van der Waals surface area contributed by atoms with E-state index in [2.05, 4.69) is 0 Å². The van der Waals surface area contributed by atoms with E-state index < -0.39 is 6.10 Å². The highest BCUT2D eigenvalue weighted by Gasteiger charge is 2.08. The fourth-order valence-electron chi connectivity index (χ4n) is 1.71. The summed E-state index contributed by atoms with van der Waals surface area (Å²) in [5.74, 6) is 0.363. The van der Waals surface area contributed by atoms with E-state index in [1.165, 1.54) is 6.08 Å². The molecule has 1 atom stereocenters. The normalized spacial score (nSPS) is 12.4. The minimum absolute atomic E-state index is 0.0520. The minimum Gasteiger partial charge on any atom is -0.388 e. The average molecular weight is 284 g/mol. The zero-order chi connectivity index (χ0) is 14.2. The molecule has 0 spiro atoms. The van der Waals surface area contributed by atoms with Gasteiger partial charge in [-0.3, -0.25) is 4.79 Å². The van der Waals surface area contributed by atoms with Gasteiger partial charge in [-0.25, -0.2) is 0 Å². The van der Waals surface area contributed by atoms with Crippen LogP contribution in [-0.2, 0) is 4.79 Å². The number of thioether (sulfide) groups is 1. The molecule has 1 unspecified atom stereocenters. The van der Waals surface area contributed by atoms with E-state index in [1.54, 1.807) is 6.08 Å². The second-order valence-electron chi connectivity index (χ2n) is 4.30. The maximum Gasteiger partial charge on any atom is 0.212 e. The van der Waals surface area contributed by atoms with Gasteiger partial charge in [-0.1, -0.05) is 78.5 Å². The topological polar surface area (TPSA) is 37.3 Å². The fourth-order valence-corrected chi connectivity index (χ4v) is 2.39. The SMILES string of the molecule is O=C(/C=C/c1ccccc1)SCC(O)c1ccccc1. The molecule has 0 aliphatic rings. The van der Waals surface area contributed by atoms with Crippen LogP contribution in [0.5, 0.6) is 0 Å². The monoisotopic (exact) mass is 284 g/mol. The molecule has 3 heteroatoms. The highest BCUT2D eigenvalue weighted by atomic mass is 32.2. The molecule has 102 valence electrons. The van der Waals surface area contributed by atoms with Gasteiger partial charge in [0.25, 0.3) is 0 Å². The van der Waals surface area contributed by atoms with Gasteiger partial charge in [-0.15, -0.1) is 0 Å². The van der Waals surface area contributed by atoms with Crippen molar-refractivity contribution in [2.75, 3.05) is 5.75 Å². The van der Waals surface area contributed by atoms with E-state index in [4.69, 9.17) is 0 Å². The van der Waals surface area contributed by atoms with Gasteiger partial charge in [0.2, 0.25) is 5.12 Å². The van der Waals surface area contributed by atoms with Gasteiger partial charge < -0.3 is 5.11 Å². The Balaban J connectivity index is 1.82. The van der Waals surface area contributed by atoms with E-state index in [1.807, 2.05) is 60.7 Å². The van der Waals surface area contributed by atoms with E-state index in [0.717, 1.165) is 22.9 Å². The van der Waals surface area contributed by atoms with Gasteiger partial charge >= 0.3 is 0 Å². The summed E-state index contributed by atoms with van der Waals surface area (Å²) in [6.45, 7) is 0. The third-order valence-electron chi connectivity index (χ3n) is 2.78. The van der Waals surface area contributed by atoms with Gasteiger partial charge in [0.15, 0.2) is 0 Å². The van der Waals surface area contributed by atoms with E-state index in [-0.39, 0.29) is 5.12 Å². The van der Waals surface area contributed by atoms with Gasteiger partial charge in [0.1, 0.15) is 0 Å². The highest BCUT2D eigenvalue weighted by Crippen LogP contribution is 2.18. The lowest BCUT2D eigenvalue weighted by molar-refractivity contribution is -0.107. The lowest BCUT2D eigenvalue weighted by atomic mass is 10.1. The molecule has 0 saturated carbocycles. The summed E-state index contributed by atoms with van der Waals surface area (Å²) >= 11 is 1.12. The Morgan fingerprint density at radius 1 is 1.05 bits per heavy atom. The Labute approximate surface area is 123 Å². The highest BCUT2D eigenvalue weighted by molar-refractivity contribution is 8.14. The van der Waals surface area contributed by atoms with Gasteiger partial charge in [0.05, 0.1) is 6.10 Å². The summed E-state index contributed by atoms with van der Waals surface area (Å²) in [6.07, 6.45) is 2.71. The number of benzene rings is 2. The molecule has 0 aliphatic carbocycles. The molecule has 1 N–H and O–H groups in total. The predicted molar refractivity (Wildman–Crippen MR) is 84.3 cm³/mol. The van der Waals surface area contributed by atoms with Crippen molar-refractivity contribution in [2.24, 2.45) is 0 Å². The first kappa shape index (κ1) is 14.6. The quantitative estimate of drug-likeness (QED) is 0.851. The van der Waals surface area contributed by atoms with Crippen LogP contribution in [0.1, 0.15) is 17.2 Å². The Bertz CT molecular complexity index is 564. The van der Waals surface area contributed by atoms with Crippen LogP contribution < -0.4 is 0 Å². The molecule has 0 bridgehead atoms. The van der Waals surface area contributed by atoms with E-state index >= 15 is 0 Å². The van der Waals surface area contributed by atoms with E-state index in [0.29, 0.717) is 5.75 Å². The molecular weight excluding hydrogens is 268 g/mol. The molecule has 0 fully saturated rings. The van der Waals surface area contributed by atoms with Crippen molar-refractivity contribution in [3.05, 3.63) is 77.9 Å². The molecule has 20 heavy (non-hydrogen) atoms. The van der Waals surface area contributed by atoms with Crippen LogP contribution in [0.3, 0.4) is 0 Å². The summed E-state index contributed by atoms with van der Waals surface area (Å²) < 4.78 is 0. The molecule has 0 amide bonds. The van der Waals surface area contributed by atoms with Crippen LogP contribution in [0.2, 0.25) is 0 Å². The van der Waals surface area contributed by atoms with Crippen LogP contribution in [0.4, 0.5) is 0 Å². The Morgan fingerprint density at radius 2 is 1.65 bits per heavy atom. The van der Waals surface area contributed by atoms with Crippen LogP contribution in [0.15, 0.2) is 66.7 Å². The molecule has 2 aromatic rings. The molecular formula is C17H16O2S. The van der Waals surface area contributed by atoms with Crippen LogP contribution in [0.25, 0.3) is 6.08 Å². The predicted octanol–water partition coefficient (Wildman–Crippen LogP) is 3.69. The van der Waals surface area contributed by atoms with Gasteiger partial charge in [0, 0.05) is 5.75 Å². The molecule has 0 aromatic heterocycles. The zero-order valence-electron chi connectivity index (χ0n) is 11.0. The molecule has 0 radical (unpaired) electrons. The average Bonchev–Trinajstić information content (AvgIpc) is 2.52. The van der Waals surface area contributed by atoms with Crippen LogP contribution >= 0.6 is 11.8 Å². The third-order valence-corrected chi connectivity index (χ3v) is 3.68. The number of aliphatic hydroxyl groups is 1.